The Kier molecular flexibility index (Phi) is 2.46. The second-order valence-corrected chi connectivity index (χ2v) is 3.74. The molecule has 0 unspecified atom stereocenters. The number of rotatable bonds is 0. The molecule has 0 saturated carbocycles. The average molecular weight is 245 g/mol. The second-order valence-electron chi connectivity index (χ2n) is 2.93. The van der Waals surface area contributed by atoms with Crippen molar-refractivity contribution in [3.05, 3.63) is 39.8 Å². The topological polar surface area (TPSA) is 57.8 Å². The molecular formula is C9H6Cl2N2O2. The second kappa shape index (κ2) is 3.64. The van der Waals surface area contributed by atoms with Crippen LogP contribution in [0.3, 0.4) is 0 Å². The number of pyridine rings is 1. The summed E-state index contributed by atoms with van der Waals surface area (Å²) in [6, 6.07) is 4.47. The van der Waals surface area contributed by atoms with Gasteiger partial charge in [-0.05, 0) is 18.2 Å². The summed E-state index contributed by atoms with van der Waals surface area (Å²) in [5, 5.41) is 22.8. The SMILES string of the molecule is ON=c1ccn(O)c2cc(Cl)c(Cl)cc12. The average Bonchev–Trinajstić information content (AvgIpc) is 2.22. The predicted octanol–water partition coefficient (Wildman–Crippen LogP) is 2.48. The van der Waals surface area contributed by atoms with Gasteiger partial charge in [-0.2, -0.15) is 4.73 Å². The molecule has 1 aromatic heterocycles. The molecule has 0 aliphatic heterocycles. The molecule has 15 heavy (non-hydrogen) atoms. The van der Waals surface area contributed by atoms with Crippen LogP contribution < -0.4 is 5.36 Å². The molecule has 2 aromatic rings. The summed E-state index contributed by atoms with van der Waals surface area (Å²) in [5.74, 6) is 0. The van der Waals surface area contributed by atoms with E-state index in [1.165, 1.54) is 24.4 Å². The number of nitrogens with zero attached hydrogens (tertiary/aromatic N) is 2. The third kappa shape index (κ3) is 1.62. The zero-order chi connectivity index (χ0) is 11.0. The highest BCUT2D eigenvalue weighted by Crippen LogP contribution is 2.25. The van der Waals surface area contributed by atoms with E-state index in [2.05, 4.69) is 5.16 Å². The van der Waals surface area contributed by atoms with Crippen molar-refractivity contribution in [2.75, 3.05) is 0 Å². The molecular weight excluding hydrogens is 239 g/mol. The van der Waals surface area contributed by atoms with E-state index in [0.29, 0.717) is 26.3 Å². The van der Waals surface area contributed by atoms with E-state index in [1.54, 1.807) is 0 Å². The first-order valence-electron chi connectivity index (χ1n) is 4.01. The highest BCUT2D eigenvalue weighted by Gasteiger charge is 2.05. The fraction of sp³-hybridized carbons (Fsp3) is 0. The quantitative estimate of drug-likeness (QED) is 0.425. The van der Waals surface area contributed by atoms with Gasteiger partial charge in [-0.25, -0.2) is 0 Å². The lowest BCUT2D eigenvalue weighted by Gasteiger charge is -2.05. The van der Waals surface area contributed by atoms with Crippen LogP contribution in [0, 0.1) is 0 Å². The normalized spacial score (nSPS) is 12.3. The van der Waals surface area contributed by atoms with Gasteiger partial charge in [0.1, 0.15) is 5.36 Å². The van der Waals surface area contributed by atoms with Gasteiger partial charge in [0.25, 0.3) is 0 Å². The molecule has 78 valence electrons. The molecule has 0 atom stereocenters. The van der Waals surface area contributed by atoms with Crippen molar-refractivity contribution in [3.8, 4) is 0 Å². The van der Waals surface area contributed by atoms with Crippen LogP contribution in [0.4, 0.5) is 0 Å². The van der Waals surface area contributed by atoms with E-state index < -0.39 is 0 Å². The van der Waals surface area contributed by atoms with Crippen LogP contribution in [-0.2, 0) is 0 Å². The fourth-order valence-electron chi connectivity index (χ4n) is 1.33. The lowest BCUT2D eigenvalue weighted by Crippen LogP contribution is -2.07. The van der Waals surface area contributed by atoms with E-state index in [0.717, 1.165) is 4.73 Å². The molecule has 0 radical (unpaired) electrons. The van der Waals surface area contributed by atoms with Crippen LogP contribution >= 0.6 is 23.2 Å². The first-order chi connectivity index (χ1) is 7.13. The monoisotopic (exact) mass is 244 g/mol. The first kappa shape index (κ1) is 10.1. The van der Waals surface area contributed by atoms with Crippen molar-refractivity contribution in [3.63, 3.8) is 0 Å². The number of halogens is 2. The minimum atomic E-state index is 0.314. The third-order valence-electron chi connectivity index (χ3n) is 2.04. The molecule has 2 N–H and O–H groups in total. The summed E-state index contributed by atoms with van der Waals surface area (Å²) in [6.45, 7) is 0. The van der Waals surface area contributed by atoms with E-state index in [-0.39, 0.29) is 0 Å². The molecule has 0 aliphatic carbocycles. The number of hydrogen-bond acceptors (Lipinski definition) is 3. The summed E-state index contributed by atoms with van der Waals surface area (Å²) in [4.78, 5) is 0. The zero-order valence-corrected chi connectivity index (χ0v) is 8.87. The third-order valence-corrected chi connectivity index (χ3v) is 2.76. The lowest BCUT2D eigenvalue weighted by molar-refractivity contribution is 0.197. The molecule has 0 spiro atoms. The van der Waals surface area contributed by atoms with Gasteiger partial charge in [-0.1, -0.05) is 28.4 Å². The van der Waals surface area contributed by atoms with E-state index in [4.69, 9.17) is 28.4 Å². The van der Waals surface area contributed by atoms with Crippen molar-refractivity contribution >= 4 is 34.1 Å². The molecule has 0 fully saturated rings. The van der Waals surface area contributed by atoms with Crippen molar-refractivity contribution in [1.29, 1.82) is 0 Å². The number of aromatic nitrogens is 1. The Morgan fingerprint density at radius 2 is 1.87 bits per heavy atom. The zero-order valence-electron chi connectivity index (χ0n) is 7.35. The molecule has 4 nitrogen and oxygen atoms in total. The predicted molar refractivity (Wildman–Crippen MR) is 56.5 cm³/mol. The maximum Gasteiger partial charge on any atom is 0.113 e. The van der Waals surface area contributed by atoms with Gasteiger partial charge in [-0.15, -0.1) is 0 Å². The van der Waals surface area contributed by atoms with Crippen molar-refractivity contribution < 1.29 is 10.4 Å². The largest absolute Gasteiger partial charge is 0.428 e. The first-order valence-corrected chi connectivity index (χ1v) is 4.77. The van der Waals surface area contributed by atoms with Gasteiger partial charge < -0.3 is 10.4 Å². The molecule has 0 bridgehead atoms. The molecule has 0 aliphatic rings. The maximum atomic E-state index is 9.50. The molecule has 0 amide bonds. The van der Waals surface area contributed by atoms with Crippen molar-refractivity contribution in [2.24, 2.45) is 5.16 Å². The maximum absolute atomic E-state index is 9.50. The number of fused-ring (bicyclic) bond motifs is 1. The van der Waals surface area contributed by atoms with Crippen LogP contribution in [0.5, 0.6) is 0 Å². The lowest BCUT2D eigenvalue weighted by atomic mass is 10.2. The number of benzene rings is 1. The summed E-state index contributed by atoms with van der Waals surface area (Å²) >= 11 is 11.6. The van der Waals surface area contributed by atoms with Crippen LogP contribution in [0.25, 0.3) is 10.9 Å². The highest BCUT2D eigenvalue weighted by atomic mass is 35.5. The Bertz CT molecular complexity index is 592. The van der Waals surface area contributed by atoms with Crippen molar-refractivity contribution in [2.45, 2.75) is 0 Å². The van der Waals surface area contributed by atoms with E-state index in [9.17, 15) is 5.21 Å². The Morgan fingerprint density at radius 3 is 2.53 bits per heavy atom. The van der Waals surface area contributed by atoms with Crippen LogP contribution in [0.15, 0.2) is 29.6 Å². The standard InChI is InChI=1S/C9H6Cl2N2O2/c10-6-3-5-8(12-14)1-2-13(15)9(5)4-7(6)11/h1-4,14-15H. The minimum absolute atomic E-state index is 0.314. The fourth-order valence-corrected chi connectivity index (χ4v) is 1.65. The number of hydrogen-bond donors (Lipinski definition) is 2. The summed E-state index contributed by atoms with van der Waals surface area (Å²) in [6.07, 6.45) is 1.35. The van der Waals surface area contributed by atoms with Gasteiger partial charge in [0.15, 0.2) is 0 Å². The smallest absolute Gasteiger partial charge is 0.113 e. The van der Waals surface area contributed by atoms with Gasteiger partial charge in [-0.3, -0.25) is 0 Å². The Morgan fingerprint density at radius 1 is 1.20 bits per heavy atom. The molecule has 1 aromatic carbocycles. The highest BCUT2D eigenvalue weighted by molar-refractivity contribution is 6.42. The molecule has 2 rings (SSSR count). The van der Waals surface area contributed by atoms with Crippen LogP contribution in [0.2, 0.25) is 10.0 Å². The Balaban J connectivity index is 3.02. The molecule has 1 heterocycles. The van der Waals surface area contributed by atoms with Gasteiger partial charge in [0.05, 0.1) is 15.6 Å². The van der Waals surface area contributed by atoms with Crippen LogP contribution in [0.1, 0.15) is 0 Å². The van der Waals surface area contributed by atoms with E-state index >= 15 is 0 Å². The van der Waals surface area contributed by atoms with Crippen LogP contribution in [-0.4, -0.2) is 15.1 Å². The summed E-state index contributed by atoms with van der Waals surface area (Å²) in [7, 11) is 0. The van der Waals surface area contributed by atoms with E-state index in [1.807, 2.05) is 0 Å². The summed E-state index contributed by atoms with van der Waals surface area (Å²) < 4.78 is 0.881. The molecule has 0 saturated heterocycles. The van der Waals surface area contributed by atoms with Gasteiger partial charge >= 0.3 is 0 Å². The van der Waals surface area contributed by atoms with Gasteiger partial charge in [0, 0.05) is 11.6 Å². The summed E-state index contributed by atoms with van der Waals surface area (Å²) in [5.41, 5.74) is 0.416. The Hall–Kier alpha value is -1.39. The Labute approximate surface area is 94.5 Å². The van der Waals surface area contributed by atoms with Gasteiger partial charge in [0.2, 0.25) is 0 Å². The minimum Gasteiger partial charge on any atom is -0.428 e. The van der Waals surface area contributed by atoms with Crippen molar-refractivity contribution in [1.82, 2.24) is 4.73 Å². The molecule has 6 heteroatoms.